The molecule has 2 aromatic heterocycles. The molecule has 0 amide bonds. The summed E-state index contributed by atoms with van der Waals surface area (Å²) in [4.78, 5) is 8.96. The van der Waals surface area contributed by atoms with Crippen LogP contribution in [-0.2, 0) is 11.3 Å². The first-order valence-electron chi connectivity index (χ1n) is 9.50. The molecule has 0 fully saturated rings. The number of H-pyrrole nitrogens is 1. The van der Waals surface area contributed by atoms with Gasteiger partial charge in [0.2, 0.25) is 5.82 Å². The SMILES string of the molecule is CCNC(=NCc1nc(-c2ccco2)n[nH]1)Nc1cccc(OCCCOC)c1.I. The van der Waals surface area contributed by atoms with Gasteiger partial charge in [0.15, 0.2) is 11.7 Å². The van der Waals surface area contributed by atoms with E-state index in [1.807, 2.05) is 37.3 Å². The van der Waals surface area contributed by atoms with E-state index in [2.05, 4.69) is 30.8 Å². The topological polar surface area (TPSA) is 110 Å². The summed E-state index contributed by atoms with van der Waals surface area (Å²) in [6.07, 6.45) is 2.43. The molecule has 3 rings (SSSR count). The van der Waals surface area contributed by atoms with Gasteiger partial charge in [-0.1, -0.05) is 6.07 Å². The molecule has 0 aliphatic carbocycles. The number of aromatic nitrogens is 3. The molecule has 162 valence electrons. The monoisotopic (exact) mass is 526 g/mol. The van der Waals surface area contributed by atoms with Gasteiger partial charge in [0.05, 0.1) is 12.9 Å². The molecular weight excluding hydrogens is 499 g/mol. The molecule has 0 saturated carbocycles. The Morgan fingerprint density at radius 3 is 2.90 bits per heavy atom. The smallest absolute Gasteiger partial charge is 0.216 e. The van der Waals surface area contributed by atoms with Crippen LogP contribution < -0.4 is 15.4 Å². The van der Waals surface area contributed by atoms with Crippen LogP contribution in [0.4, 0.5) is 5.69 Å². The van der Waals surface area contributed by atoms with Crippen LogP contribution in [0.1, 0.15) is 19.2 Å². The van der Waals surface area contributed by atoms with Crippen molar-refractivity contribution in [2.45, 2.75) is 19.9 Å². The number of hydrogen-bond acceptors (Lipinski definition) is 6. The van der Waals surface area contributed by atoms with Crippen LogP contribution in [0.3, 0.4) is 0 Å². The first kappa shape index (κ1) is 23.7. The number of methoxy groups -OCH3 is 1. The fraction of sp³-hybridized carbons (Fsp3) is 0.350. The standard InChI is InChI=1S/C20H26N6O3.HI/c1-3-21-20(22-14-18-24-19(26-25-18)17-9-5-11-29-17)23-15-7-4-8-16(13-15)28-12-6-10-27-2;/h4-5,7-9,11,13H,3,6,10,12,14H2,1-2H3,(H2,21,22,23)(H,24,25,26);1H. The van der Waals surface area contributed by atoms with Gasteiger partial charge in [0, 0.05) is 38.4 Å². The number of ether oxygens (including phenoxy) is 2. The summed E-state index contributed by atoms with van der Waals surface area (Å²) >= 11 is 0. The van der Waals surface area contributed by atoms with Crippen molar-refractivity contribution >= 4 is 35.6 Å². The highest BCUT2D eigenvalue weighted by Crippen LogP contribution is 2.18. The Balaban J connectivity index is 0.00000320. The highest BCUT2D eigenvalue weighted by molar-refractivity contribution is 14.0. The average Bonchev–Trinajstić information content (AvgIpc) is 3.42. The lowest BCUT2D eigenvalue weighted by Crippen LogP contribution is -2.30. The van der Waals surface area contributed by atoms with Gasteiger partial charge in [0.25, 0.3) is 0 Å². The van der Waals surface area contributed by atoms with Gasteiger partial charge >= 0.3 is 0 Å². The lowest BCUT2D eigenvalue weighted by Gasteiger charge is -2.12. The molecule has 0 saturated heterocycles. The largest absolute Gasteiger partial charge is 0.493 e. The maximum Gasteiger partial charge on any atom is 0.216 e. The second-order valence-corrected chi connectivity index (χ2v) is 6.13. The zero-order valence-corrected chi connectivity index (χ0v) is 19.4. The van der Waals surface area contributed by atoms with Crippen LogP contribution >= 0.6 is 24.0 Å². The number of aliphatic imine (C=N–C) groups is 1. The van der Waals surface area contributed by atoms with E-state index < -0.39 is 0 Å². The van der Waals surface area contributed by atoms with Gasteiger partial charge in [-0.05, 0) is 31.2 Å². The summed E-state index contributed by atoms with van der Waals surface area (Å²) < 4.78 is 16.1. The molecular formula is C20H27IN6O3. The Hall–Kier alpha value is -2.60. The van der Waals surface area contributed by atoms with Crippen molar-refractivity contribution in [3.8, 4) is 17.3 Å². The van der Waals surface area contributed by atoms with Crippen molar-refractivity contribution < 1.29 is 13.9 Å². The Bertz CT molecular complexity index is 898. The third kappa shape index (κ3) is 7.34. The van der Waals surface area contributed by atoms with Crippen LogP contribution in [0, 0.1) is 0 Å². The molecule has 0 spiro atoms. The van der Waals surface area contributed by atoms with Gasteiger partial charge < -0.3 is 24.5 Å². The number of benzene rings is 1. The van der Waals surface area contributed by atoms with Crippen LogP contribution in [0.15, 0.2) is 52.1 Å². The van der Waals surface area contributed by atoms with E-state index in [0.29, 0.717) is 43.1 Å². The van der Waals surface area contributed by atoms with Crippen LogP contribution in [0.5, 0.6) is 5.75 Å². The fourth-order valence-corrected chi connectivity index (χ4v) is 2.54. The molecule has 3 aromatic rings. The second-order valence-electron chi connectivity index (χ2n) is 6.13. The molecule has 30 heavy (non-hydrogen) atoms. The normalized spacial score (nSPS) is 11.1. The highest BCUT2D eigenvalue weighted by Gasteiger charge is 2.08. The van der Waals surface area contributed by atoms with Gasteiger partial charge in [-0.2, -0.15) is 0 Å². The van der Waals surface area contributed by atoms with E-state index in [9.17, 15) is 0 Å². The number of anilines is 1. The van der Waals surface area contributed by atoms with E-state index in [1.165, 1.54) is 0 Å². The molecule has 10 heteroatoms. The van der Waals surface area contributed by atoms with Crippen LogP contribution in [0.2, 0.25) is 0 Å². The summed E-state index contributed by atoms with van der Waals surface area (Å²) in [5, 5.41) is 13.5. The van der Waals surface area contributed by atoms with E-state index in [1.54, 1.807) is 19.4 Å². The lowest BCUT2D eigenvalue weighted by molar-refractivity contribution is 0.172. The zero-order chi connectivity index (χ0) is 20.3. The van der Waals surface area contributed by atoms with Crippen LogP contribution in [-0.4, -0.2) is 48.0 Å². The zero-order valence-electron chi connectivity index (χ0n) is 17.1. The fourth-order valence-electron chi connectivity index (χ4n) is 2.54. The predicted octanol–water partition coefficient (Wildman–Crippen LogP) is 3.68. The second kappa shape index (κ2) is 12.9. The summed E-state index contributed by atoms with van der Waals surface area (Å²) in [5.41, 5.74) is 0.878. The number of hydrogen-bond donors (Lipinski definition) is 3. The minimum Gasteiger partial charge on any atom is -0.493 e. The number of rotatable bonds is 10. The average molecular weight is 526 g/mol. The van der Waals surface area contributed by atoms with Crippen molar-refractivity contribution in [2.75, 3.05) is 32.2 Å². The molecule has 0 aliphatic heterocycles. The molecule has 2 heterocycles. The summed E-state index contributed by atoms with van der Waals surface area (Å²) in [6, 6.07) is 11.4. The van der Waals surface area contributed by atoms with Crippen molar-refractivity contribution in [3.63, 3.8) is 0 Å². The maximum absolute atomic E-state index is 5.75. The Labute approximate surface area is 192 Å². The Morgan fingerprint density at radius 1 is 1.23 bits per heavy atom. The number of guanidine groups is 1. The molecule has 0 unspecified atom stereocenters. The van der Waals surface area contributed by atoms with E-state index in [4.69, 9.17) is 13.9 Å². The quantitative estimate of drug-likeness (QED) is 0.160. The lowest BCUT2D eigenvalue weighted by atomic mass is 10.3. The van der Waals surface area contributed by atoms with Crippen molar-refractivity contribution in [3.05, 3.63) is 48.5 Å². The number of halogens is 1. The molecule has 1 aromatic carbocycles. The van der Waals surface area contributed by atoms with Gasteiger partial charge in [-0.25, -0.2) is 9.98 Å². The summed E-state index contributed by atoms with van der Waals surface area (Å²) in [6.45, 7) is 4.37. The minimum absolute atomic E-state index is 0. The number of nitrogens with one attached hydrogen (secondary N) is 3. The molecule has 0 bridgehead atoms. The number of nitrogens with zero attached hydrogens (tertiary/aromatic N) is 3. The van der Waals surface area contributed by atoms with Crippen molar-refractivity contribution in [1.29, 1.82) is 0 Å². The number of furan rings is 1. The third-order valence-corrected chi connectivity index (χ3v) is 3.86. The third-order valence-electron chi connectivity index (χ3n) is 3.86. The molecule has 3 N–H and O–H groups in total. The Morgan fingerprint density at radius 2 is 2.13 bits per heavy atom. The van der Waals surface area contributed by atoms with Crippen molar-refractivity contribution in [1.82, 2.24) is 20.5 Å². The number of aromatic amines is 1. The molecule has 9 nitrogen and oxygen atoms in total. The Kier molecular flexibility index (Phi) is 10.1. The minimum atomic E-state index is 0. The summed E-state index contributed by atoms with van der Waals surface area (Å²) in [5.74, 6) is 3.20. The highest BCUT2D eigenvalue weighted by atomic mass is 127. The van der Waals surface area contributed by atoms with E-state index in [-0.39, 0.29) is 24.0 Å². The van der Waals surface area contributed by atoms with Gasteiger partial charge in [0.1, 0.15) is 18.1 Å². The first-order chi connectivity index (χ1) is 14.3. The summed E-state index contributed by atoms with van der Waals surface area (Å²) in [7, 11) is 1.68. The predicted molar refractivity (Wildman–Crippen MR) is 126 cm³/mol. The first-order valence-corrected chi connectivity index (χ1v) is 9.50. The van der Waals surface area contributed by atoms with Gasteiger partial charge in [-0.3, -0.25) is 5.10 Å². The van der Waals surface area contributed by atoms with Crippen LogP contribution in [0.25, 0.3) is 11.6 Å². The molecule has 0 atom stereocenters. The molecule has 0 aliphatic rings. The maximum atomic E-state index is 5.75. The van der Waals surface area contributed by atoms with E-state index in [0.717, 1.165) is 24.4 Å². The van der Waals surface area contributed by atoms with E-state index >= 15 is 0 Å². The van der Waals surface area contributed by atoms with Gasteiger partial charge in [-0.15, -0.1) is 29.1 Å². The van der Waals surface area contributed by atoms with Crippen molar-refractivity contribution in [2.24, 2.45) is 4.99 Å². The molecule has 0 radical (unpaired) electrons.